The van der Waals surface area contributed by atoms with Gasteiger partial charge in [-0.2, -0.15) is 0 Å². The molecule has 2 amide bonds. The molecule has 1 aliphatic heterocycles. The van der Waals surface area contributed by atoms with Crippen molar-refractivity contribution in [1.82, 2.24) is 10.6 Å². The molecule has 0 radical (unpaired) electrons. The van der Waals surface area contributed by atoms with Gasteiger partial charge in [0.1, 0.15) is 6.04 Å². The quantitative estimate of drug-likeness (QED) is 0.552. The van der Waals surface area contributed by atoms with Crippen LogP contribution in [0.1, 0.15) is 26.2 Å². The minimum atomic E-state index is -0.510. The smallest absolute Gasteiger partial charge is 0.242 e. The molecule has 5 heteroatoms. The Morgan fingerprint density at radius 3 is 3.07 bits per heavy atom. The molecule has 0 aromatic heterocycles. The zero-order valence-electron chi connectivity index (χ0n) is 8.38. The molecule has 0 bridgehead atoms. The van der Waals surface area contributed by atoms with E-state index in [-0.39, 0.29) is 11.8 Å². The third-order valence-electron chi connectivity index (χ3n) is 2.38. The predicted molar refractivity (Wildman–Crippen MR) is 52.4 cm³/mol. The molecule has 0 spiro atoms. The summed E-state index contributed by atoms with van der Waals surface area (Å²) in [4.78, 5) is 22.6. The maximum Gasteiger partial charge on any atom is 0.242 e. The average Bonchev–Trinajstić information content (AvgIpc) is 2.20. The summed E-state index contributed by atoms with van der Waals surface area (Å²) in [5.74, 6) is -0.345. The highest BCUT2D eigenvalue weighted by Crippen LogP contribution is 2.03. The summed E-state index contributed by atoms with van der Waals surface area (Å²) in [5.41, 5.74) is 5.54. The van der Waals surface area contributed by atoms with Crippen LogP contribution in [0.5, 0.6) is 0 Å². The first-order valence-electron chi connectivity index (χ1n) is 4.98. The molecule has 1 aliphatic rings. The Morgan fingerprint density at radius 2 is 2.50 bits per heavy atom. The minimum absolute atomic E-state index is 0.104. The number of nitrogens with two attached hydrogens (primary N) is 1. The summed E-state index contributed by atoms with van der Waals surface area (Å²) in [5, 5.41) is 5.34. The van der Waals surface area contributed by atoms with Crippen molar-refractivity contribution in [3.05, 3.63) is 0 Å². The van der Waals surface area contributed by atoms with Gasteiger partial charge in [-0.05, 0) is 19.3 Å². The van der Waals surface area contributed by atoms with E-state index in [2.05, 4.69) is 10.6 Å². The Hall–Kier alpha value is -1.10. The molecule has 80 valence electrons. The SMILES string of the molecule is CC[C@H](N)C(=O)NC1CCCNC1=O. The molecule has 4 N–H and O–H groups in total. The number of rotatable bonds is 3. The second-order valence-corrected chi connectivity index (χ2v) is 3.51. The van der Waals surface area contributed by atoms with Crippen LogP contribution in [0.25, 0.3) is 0 Å². The second-order valence-electron chi connectivity index (χ2n) is 3.51. The third kappa shape index (κ3) is 2.70. The number of piperidine rings is 1. The van der Waals surface area contributed by atoms with Crippen molar-refractivity contribution in [3.63, 3.8) is 0 Å². The molecule has 0 saturated carbocycles. The van der Waals surface area contributed by atoms with Crippen LogP contribution in [0.2, 0.25) is 0 Å². The zero-order chi connectivity index (χ0) is 10.6. The van der Waals surface area contributed by atoms with Crippen molar-refractivity contribution in [2.24, 2.45) is 5.73 Å². The van der Waals surface area contributed by atoms with Crippen molar-refractivity contribution < 1.29 is 9.59 Å². The number of carbonyl (C=O) groups is 2. The van der Waals surface area contributed by atoms with Crippen LogP contribution in [0.4, 0.5) is 0 Å². The van der Waals surface area contributed by atoms with Crippen molar-refractivity contribution in [3.8, 4) is 0 Å². The van der Waals surface area contributed by atoms with Gasteiger partial charge in [0.2, 0.25) is 11.8 Å². The molecule has 0 aromatic carbocycles. The number of hydrogen-bond acceptors (Lipinski definition) is 3. The molecule has 1 unspecified atom stereocenters. The highest BCUT2D eigenvalue weighted by Gasteiger charge is 2.24. The molecule has 0 aliphatic carbocycles. The summed E-state index contributed by atoms with van der Waals surface area (Å²) < 4.78 is 0. The zero-order valence-corrected chi connectivity index (χ0v) is 8.38. The van der Waals surface area contributed by atoms with Crippen LogP contribution in [0, 0.1) is 0 Å². The van der Waals surface area contributed by atoms with Crippen LogP contribution >= 0.6 is 0 Å². The number of nitrogens with one attached hydrogen (secondary N) is 2. The van der Waals surface area contributed by atoms with E-state index in [4.69, 9.17) is 5.73 Å². The van der Waals surface area contributed by atoms with E-state index in [1.807, 2.05) is 6.92 Å². The van der Waals surface area contributed by atoms with Crippen molar-refractivity contribution >= 4 is 11.8 Å². The highest BCUT2D eigenvalue weighted by atomic mass is 16.2. The normalized spacial score (nSPS) is 23.9. The van der Waals surface area contributed by atoms with E-state index < -0.39 is 12.1 Å². The summed E-state index contributed by atoms with van der Waals surface area (Å²) in [6.45, 7) is 2.54. The molecular weight excluding hydrogens is 182 g/mol. The van der Waals surface area contributed by atoms with Crippen LogP contribution in [-0.4, -0.2) is 30.4 Å². The lowest BCUT2D eigenvalue weighted by atomic mass is 10.1. The Morgan fingerprint density at radius 1 is 1.79 bits per heavy atom. The summed E-state index contributed by atoms with van der Waals surface area (Å²) in [7, 11) is 0. The Bertz CT molecular complexity index is 230. The van der Waals surface area contributed by atoms with Gasteiger partial charge in [-0.3, -0.25) is 9.59 Å². The topological polar surface area (TPSA) is 84.2 Å². The lowest BCUT2D eigenvalue weighted by Crippen LogP contribution is -2.53. The van der Waals surface area contributed by atoms with Gasteiger partial charge in [0.05, 0.1) is 6.04 Å². The average molecular weight is 199 g/mol. The van der Waals surface area contributed by atoms with Gasteiger partial charge >= 0.3 is 0 Å². The fraction of sp³-hybridized carbons (Fsp3) is 0.778. The standard InChI is InChI=1S/C9H17N3O2/c1-2-6(10)8(13)12-7-4-3-5-11-9(7)14/h6-7H,2-5,10H2,1H3,(H,11,14)(H,12,13)/t6-,7?/m0/s1. The van der Waals surface area contributed by atoms with Crippen LogP contribution in [0.15, 0.2) is 0 Å². The van der Waals surface area contributed by atoms with Crippen molar-refractivity contribution in [1.29, 1.82) is 0 Å². The van der Waals surface area contributed by atoms with Gasteiger partial charge in [-0.25, -0.2) is 0 Å². The fourth-order valence-electron chi connectivity index (χ4n) is 1.37. The predicted octanol–water partition coefficient (Wildman–Crippen LogP) is -0.881. The third-order valence-corrected chi connectivity index (χ3v) is 2.38. The number of amides is 2. The summed E-state index contributed by atoms with van der Waals surface area (Å²) >= 11 is 0. The molecule has 14 heavy (non-hydrogen) atoms. The van der Waals surface area contributed by atoms with Gasteiger partial charge in [-0.15, -0.1) is 0 Å². The second kappa shape index (κ2) is 4.95. The lowest BCUT2D eigenvalue weighted by molar-refractivity contribution is -0.130. The van der Waals surface area contributed by atoms with E-state index >= 15 is 0 Å². The van der Waals surface area contributed by atoms with Crippen molar-refractivity contribution in [2.75, 3.05) is 6.54 Å². The van der Waals surface area contributed by atoms with Crippen molar-refractivity contribution in [2.45, 2.75) is 38.3 Å². The van der Waals surface area contributed by atoms with Gasteiger partial charge < -0.3 is 16.4 Å². The highest BCUT2D eigenvalue weighted by molar-refractivity contribution is 5.89. The fourth-order valence-corrected chi connectivity index (χ4v) is 1.37. The van der Waals surface area contributed by atoms with Crippen LogP contribution in [0.3, 0.4) is 0 Å². The molecule has 1 saturated heterocycles. The first-order chi connectivity index (χ1) is 6.65. The molecule has 1 heterocycles. The van der Waals surface area contributed by atoms with Crippen LogP contribution in [-0.2, 0) is 9.59 Å². The monoisotopic (exact) mass is 199 g/mol. The van der Waals surface area contributed by atoms with Crippen LogP contribution < -0.4 is 16.4 Å². The Kier molecular flexibility index (Phi) is 3.88. The Balaban J connectivity index is 2.42. The first kappa shape index (κ1) is 11.0. The van der Waals surface area contributed by atoms with Gasteiger partial charge in [-0.1, -0.05) is 6.92 Å². The van der Waals surface area contributed by atoms with Gasteiger partial charge in [0.25, 0.3) is 0 Å². The molecule has 1 fully saturated rings. The van der Waals surface area contributed by atoms with Gasteiger partial charge in [0, 0.05) is 6.54 Å². The van der Waals surface area contributed by atoms with E-state index in [9.17, 15) is 9.59 Å². The van der Waals surface area contributed by atoms with E-state index in [0.717, 1.165) is 6.42 Å². The van der Waals surface area contributed by atoms with E-state index in [1.165, 1.54) is 0 Å². The maximum absolute atomic E-state index is 11.4. The minimum Gasteiger partial charge on any atom is -0.354 e. The Labute approximate surface area is 83.4 Å². The lowest BCUT2D eigenvalue weighted by Gasteiger charge is -2.23. The van der Waals surface area contributed by atoms with E-state index in [0.29, 0.717) is 19.4 Å². The molecule has 0 aromatic rings. The molecule has 5 nitrogen and oxygen atoms in total. The maximum atomic E-state index is 11.4. The summed E-state index contributed by atoms with van der Waals surface area (Å²) in [6, 6.07) is -0.904. The number of hydrogen-bond donors (Lipinski definition) is 3. The molecule has 1 rings (SSSR count). The molecular formula is C9H17N3O2. The first-order valence-corrected chi connectivity index (χ1v) is 4.98. The van der Waals surface area contributed by atoms with Gasteiger partial charge in [0.15, 0.2) is 0 Å². The summed E-state index contributed by atoms with van der Waals surface area (Å²) in [6.07, 6.45) is 2.19. The van der Waals surface area contributed by atoms with E-state index in [1.54, 1.807) is 0 Å². The molecule has 2 atom stereocenters. The number of carbonyl (C=O) groups excluding carboxylic acids is 2. The largest absolute Gasteiger partial charge is 0.354 e.